The fraction of sp³-hybridized carbons (Fsp3) is 0.227. The zero-order chi connectivity index (χ0) is 20.1. The van der Waals surface area contributed by atoms with Crippen LogP contribution in [0.25, 0.3) is 20.2 Å². The van der Waals surface area contributed by atoms with Crippen LogP contribution in [0.2, 0.25) is 0 Å². The van der Waals surface area contributed by atoms with Crippen molar-refractivity contribution in [3.05, 3.63) is 64.8 Å². The molecule has 3 rings (SSSR count). The van der Waals surface area contributed by atoms with Gasteiger partial charge < -0.3 is 9.47 Å². The third-order valence-corrected chi connectivity index (χ3v) is 5.28. The Kier molecular flexibility index (Phi) is 6.21. The largest absolute Gasteiger partial charge is 0.462 e. The third kappa shape index (κ3) is 4.46. The first-order valence-corrected chi connectivity index (χ1v) is 9.77. The Bertz CT molecular complexity index is 1110. The normalized spacial score (nSPS) is 10.8. The van der Waals surface area contributed by atoms with Crippen molar-refractivity contribution >= 4 is 43.4 Å². The maximum absolute atomic E-state index is 12.9. The van der Waals surface area contributed by atoms with Gasteiger partial charge in [0.05, 0.1) is 12.0 Å². The van der Waals surface area contributed by atoms with Crippen LogP contribution in [0.3, 0.4) is 0 Å². The van der Waals surface area contributed by atoms with E-state index in [4.69, 9.17) is 9.47 Å². The summed E-state index contributed by atoms with van der Waals surface area (Å²) in [5, 5.41) is 1.04. The predicted molar refractivity (Wildman–Crippen MR) is 111 cm³/mol. The maximum atomic E-state index is 12.9. The van der Waals surface area contributed by atoms with Crippen LogP contribution in [0.5, 0.6) is 5.75 Å². The number of fused-ring (bicyclic) bond motifs is 2. The van der Waals surface area contributed by atoms with Gasteiger partial charge in [0.25, 0.3) is 0 Å². The summed E-state index contributed by atoms with van der Waals surface area (Å²) in [4.78, 5) is 36.4. The highest BCUT2D eigenvalue weighted by Gasteiger charge is 2.13. The van der Waals surface area contributed by atoms with Crippen molar-refractivity contribution in [3.63, 3.8) is 0 Å². The summed E-state index contributed by atoms with van der Waals surface area (Å²) in [6, 6.07) is 12.6. The lowest BCUT2D eigenvalue weighted by Crippen LogP contribution is -2.11. The van der Waals surface area contributed by atoms with Crippen LogP contribution in [0.1, 0.15) is 26.2 Å². The molecular formula is C22H20O5S. The summed E-state index contributed by atoms with van der Waals surface area (Å²) in [6.45, 7) is 5.32. The van der Waals surface area contributed by atoms with Crippen molar-refractivity contribution < 1.29 is 19.1 Å². The molecule has 0 saturated carbocycles. The van der Waals surface area contributed by atoms with E-state index >= 15 is 0 Å². The summed E-state index contributed by atoms with van der Waals surface area (Å²) < 4.78 is 12.1. The van der Waals surface area contributed by atoms with Gasteiger partial charge in [0.15, 0.2) is 5.43 Å². The molecule has 0 spiro atoms. The second-order valence-electron chi connectivity index (χ2n) is 6.40. The third-order valence-electron chi connectivity index (χ3n) is 4.15. The lowest BCUT2D eigenvalue weighted by atomic mass is 10.1. The van der Waals surface area contributed by atoms with Gasteiger partial charge in [0.2, 0.25) is 0 Å². The zero-order valence-corrected chi connectivity index (χ0v) is 16.3. The van der Waals surface area contributed by atoms with Crippen molar-refractivity contribution in [3.8, 4) is 5.75 Å². The van der Waals surface area contributed by atoms with E-state index in [1.165, 1.54) is 11.3 Å². The van der Waals surface area contributed by atoms with E-state index in [2.05, 4.69) is 6.58 Å². The van der Waals surface area contributed by atoms with Crippen molar-refractivity contribution in [2.45, 2.75) is 26.2 Å². The van der Waals surface area contributed by atoms with Crippen LogP contribution in [0.4, 0.5) is 0 Å². The smallest absolute Gasteiger partial charge is 0.333 e. The predicted octanol–water partition coefficient (Wildman–Crippen LogP) is 4.61. The van der Waals surface area contributed by atoms with E-state index in [-0.39, 0.29) is 24.2 Å². The Hall–Kier alpha value is -2.99. The van der Waals surface area contributed by atoms with E-state index in [0.717, 1.165) is 9.40 Å². The molecule has 0 radical (unpaired) electrons. The van der Waals surface area contributed by atoms with Gasteiger partial charge >= 0.3 is 11.9 Å². The number of hydrogen-bond donors (Lipinski definition) is 0. The Morgan fingerprint density at radius 1 is 1.04 bits per heavy atom. The first-order valence-electron chi connectivity index (χ1n) is 8.95. The molecule has 1 aromatic heterocycles. The van der Waals surface area contributed by atoms with Gasteiger partial charge in [-0.3, -0.25) is 9.59 Å². The fourth-order valence-corrected chi connectivity index (χ4v) is 3.83. The van der Waals surface area contributed by atoms with Crippen LogP contribution >= 0.6 is 11.3 Å². The molecule has 2 aromatic carbocycles. The standard InChI is InChI=1S/C22H20O5S/c1-14(2)22(25)26-13-6-5-12-19(23)27-16-9-7-11-18-20(16)21(24)15-8-3-4-10-17(15)28-18/h3-4,7-11H,1,5-6,12-13H2,2H3. The SMILES string of the molecule is C=C(C)C(=O)OCCCCC(=O)Oc1cccc2sc3ccccc3c(=O)c12. The molecule has 0 saturated heterocycles. The number of rotatable bonds is 7. The molecule has 0 fully saturated rings. The zero-order valence-electron chi connectivity index (χ0n) is 15.5. The number of benzene rings is 2. The molecular weight excluding hydrogens is 376 g/mol. The Morgan fingerprint density at radius 3 is 2.57 bits per heavy atom. The summed E-state index contributed by atoms with van der Waals surface area (Å²) in [7, 11) is 0. The molecule has 3 aromatic rings. The molecule has 0 aliphatic carbocycles. The summed E-state index contributed by atoms with van der Waals surface area (Å²) >= 11 is 1.49. The Labute approximate surface area is 166 Å². The number of hydrogen-bond acceptors (Lipinski definition) is 6. The van der Waals surface area contributed by atoms with Crippen molar-refractivity contribution in [1.29, 1.82) is 0 Å². The molecule has 0 unspecified atom stereocenters. The monoisotopic (exact) mass is 396 g/mol. The van der Waals surface area contributed by atoms with Gasteiger partial charge in [-0.1, -0.05) is 24.8 Å². The van der Waals surface area contributed by atoms with Gasteiger partial charge in [-0.25, -0.2) is 4.79 Å². The molecule has 0 aliphatic heterocycles. The van der Waals surface area contributed by atoms with Crippen LogP contribution in [-0.2, 0) is 14.3 Å². The number of ether oxygens (including phenoxy) is 2. The minimum atomic E-state index is -0.435. The van der Waals surface area contributed by atoms with Crippen LogP contribution in [-0.4, -0.2) is 18.5 Å². The lowest BCUT2D eigenvalue weighted by Gasteiger charge is -2.08. The summed E-state index contributed by atoms with van der Waals surface area (Å²) in [6.07, 6.45) is 1.23. The number of carbonyl (C=O) groups is 2. The second-order valence-corrected chi connectivity index (χ2v) is 7.49. The van der Waals surface area contributed by atoms with Crippen LogP contribution in [0, 0.1) is 0 Å². The van der Waals surface area contributed by atoms with Gasteiger partial charge in [0, 0.05) is 26.8 Å². The minimum Gasteiger partial charge on any atom is -0.462 e. The Morgan fingerprint density at radius 2 is 1.79 bits per heavy atom. The second kappa shape index (κ2) is 8.80. The first-order chi connectivity index (χ1) is 13.5. The van der Waals surface area contributed by atoms with Crippen LogP contribution in [0.15, 0.2) is 59.4 Å². The highest BCUT2D eigenvalue weighted by Crippen LogP contribution is 2.30. The van der Waals surface area contributed by atoms with Crippen molar-refractivity contribution in [2.24, 2.45) is 0 Å². The van der Waals surface area contributed by atoms with Crippen molar-refractivity contribution in [2.75, 3.05) is 6.61 Å². The average Bonchev–Trinajstić information content (AvgIpc) is 2.67. The molecule has 0 atom stereocenters. The van der Waals surface area contributed by atoms with E-state index in [0.29, 0.717) is 29.2 Å². The van der Waals surface area contributed by atoms with Gasteiger partial charge in [-0.15, -0.1) is 11.3 Å². The highest BCUT2D eigenvalue weighted by atomic mass is 32.1. The molecule has 144 valence electrons. The lowest BCUT2D eigenvalue weighted by molar-refractivity contribution is -0.139. The molecule has 6 heteroatoms. The highest BCUT2D eigenvalue weighted by molar-refractivity contribution is 7.24. The first kappa shape index (κ1) is 19.8. The number of unbranched alkanes of at least 4 members (excludes halogenated alkanes) is 1. The summed E-state index contributed by atoms with van der Waals surface area (Å²) in [5.74, 6) is -0.575. The molecule has 1 heterocycles. The maximum Gasteiger partial charge on any atom is 0.333 e. The van der Waals surface area contributed by atoms with Crippen LogP contribution < -0.4 is 10.2 Å². The minimum absolute atomic E-state index is 0.139. The average molecular weight is 396 g/mol. The van der Waals surface area contributed by atoms with Gasteiger partial charge in [-0.05, 0) is 44.0 Å². The van der Waals surface area contributed by atoms with E-state index in [1.54, 1.807) is 25.1 Å². The topological polar surface area (TPSA) is 69.7 Å². The molecule has 0 aliphatic rings. The molecule has 28 heavy (non-hydrogen) atoms. The molecule has 5 nitrogen and oxygen atoms in total. The van der Waals surface area contributed by atoms with Crippen molar-refractivity contribution in [1.82, 2.24) is 0 Å². The molecule has 0 bridgehead atoms. The van der Waals surface area contributed by atoms with E-state index < -0.39 is 11.9 Å². The quantitative estimate of drug-likeness (QED) is 0.192. The van der Waals surface area contributed by atoms with E-state index in [1.807, 2.05) is 24.3 Å². The number of carbonyl (C=O) groups excluding carboxylic acids is 2. The van der Waals surface area contributed by atoms with Gasteiger partial charge in [0.1, 0.15) is 5.75 Å². The molecule has 0 amide bonds. The van der Waals surface area contributed by atoms with Gasteiger partial charge in [-0.2, -0.15) is 0 Å². The molecule has 0 N–H and O–H groups in total. The Balaban J connectivity index is 1.68. The summed E-state index contributed by atoms with van der Waals surface area (Å²) in [5.41, 5.74) is 0.205. The number of esters is 2. The van der Waals surface area contributed by atoms with E-state index in [9.17, 15) is 14.4 Å². The fourth-order valence-electron chi connectivity index (χ4n) is 2.73.